The van der Waals surface area contributed by atoms with Gasteiger partial charge in [-0.1, -0.05) is 23.7 Å². The molecule has 0 radical (unpaired) electrons. The zero-order valence-corrected chi connectivity index (χ0v) is 18.6. The van der Waals surface area contributed by atoms with Crippen LogP contribution in [0.15, 0.2) is 24.3 Å². The first-order valence-corrected chi connectivity index (χ1v) is 10.5. The van der Waals surface area contributed by atoms with Gasteiger partial charge in [-0.3, -0.25) is 9.69 Å². The number of amides is 1. The Morgan fingerprint density at radius 2 is 1.64 bits per heavy atom. The van der Waals surface area contributed by atoms with E-state index in [0.29, 0.717) is 24.0 Å². The summed E-state index contributed by atoms with van der Waals surface area (Å²) < 4.78 is 0. The van der Waals surface area contributed by atoms with Crippen LogP contribution in [0.3, 0.4) is 0 Å². The van der Waals surface area contributed by atoms with Gasteiger partial charge in [0, 0.05) is 49.2 Å². The van der Waals surface area contributed by atoms with Crippen molar-refractivity contribution in [1.82, 2.24) is 15.5 Å². The number of rotatable bonds is 5. The van der Waals surface area contributed by atoms with Crippen LogP contribution in [0, 0.1) is 5.92 Å². The lowest BCUT2D eigenvalue weighted by Crippen LogP contribution is -2.45. The molecule has 7 heteroatoms. The number of nitrogens with one attached hydrogen (secondary N) is 2. The van der Waals surface area contributed by atoms with Gasteiger partial charge in [0.05, 0.1) is 0 Å². The summed E-state index contributed by atoms with van der Waals surface area (Å²) in [5, 5.41) is 7.75. The number of hydrogen-bond donors (Lipinski definition) is 2. The van der Waals surface area contributed by atoms with E-state index in [4.69, 9.17) is 11.6 Å². The van der Waals surface area contributed by atoms with E-state index in [0.717, 1.165) is 43.9 Å². The number of halogens is 3. The Morgan fingerprint density at radius 3 is 2.25 bits per heavy atom. The number of nitrogens with zero attached hydrogens (tertiary/aromatic N) is 1. The summed E-state index contributed by atoms with van der Waals surface area (Å²) in [6.45, 7) is 3.06. The summed E-state index contributed by atoms with van der Waals surface area (Å²) in [4.78, 5) is 14.9. The summed E-state index contributed by atoms with van der Waals surface area (Å²) in [6.07, 6.45) is 7.80. The van der Waals surface area contributed by atoms with Crippen LogP contribution in [0.5, 0.6) is 0 Å². The van der Waals surface area contributed by atoms with E-state index in [9.17, 15) is 4.79 Å². The third-order valence-electron chi connectivity index (χ3n) is 6.32. The second-order valence-corrected chi connectivity index (χ2v) is 8.86. The molecule has 3 saturated heterocycles. The molecule has 2 bridgehead atoms. The van der Waals surface area contributed by atoms with Crippen LogP contribution in [0.4, 0.5) is 0 Å². The fourth-order valence-corrected chi connectivity index (χ4v) is 5.10. The molecule has 4 rings (SSSR count). The zero-order valence-electron chi connectivity index (χ0n) is 16.2. The molecule has 0 aromatic heterocycles. The number of carbonyl (C=O) groups excluding carboxylic acids is 1. The van der Waals surface area contributed by atoms with Crippen LogP contribution in [-0.2, 0) is 11.3 Å². The predicted molar refractivity (Wildman–Crippen MR) is 120 cm³/mol. The monoisotopic (exact) mass is 447 g/mol. The highest BCUT2D eigenvalue weighted by atomic mass is 35.5. The molecule has 2 unspecified atom stereocenters. The molecule has 158 valence electrons. The van der Waals surface area contributed by atoms with Gasteiger partial charge in [-0.15, -0.1) is 24.8 Å². The quantitative estimate of drug-likeness (QED) is 0.710. The highest BCUT2D eigenvalue weighted by Crippen LogP contribution is 2.32. The van der Waals surface area contributed by atoms with E-state index < -0.39 is 0 Å². The average Bonchev–Trinajstić information content (AvgIpc) is 2.97. The molecular formula is C21H32Cl3N3O. The van der Waals surface area contributed by atoms with Gasteiger partial charge in [0.2, 0.25) is 5.91 Å². The molecular weight excluding hydrogens is 417 g/mol. The van der Waals surface area contributed by atoms with Crippen LogP contribution >= 0.6 is 36.4 Å². The normalized spacial score (nSPS) is 27.5. The Bertz CT molecular complexity index is 608. The van der Waals surface area contributed by atoms with Crippen molar-refractivity contribution in [1.29, 1.82) is 0 Å². The van der Waals surface area contributed by atoms with Crippen LogP contribution in [0.25, 0.3) is 0 Å². The molecule has 3 fully saturated rings. The van der Waals surface area contributed by atoms with Crippen molar-refractivity contribution < 1.29 is 4.79 Å². The van der Waals surface area contributed by atoms with Crippen LogP contribution in [-0.4, -0.2) is 42.0 Å². The standard InChI is InChI=1S/C21H30ClN3O.2ClH/c22-17-3-1-15(2-4-17)14-25-9-7-18(8-10-25)24-21(26)13-16-11-19-5-6-20(12-16)23-19;;/h1-4,16,18-20,23H,5-14H2,(H,24,26);2*1H. The van der Waals surface area contributed by atoms with Crippen molar-refractivity contribution in [3.05, 3.63) is 34.9 Å². The highest BCUT2D eigenvalue weighted by molar-refractivity contribution is 6.30. The van der Waals surface area contributed by atoms with E-state index in [-0.39, 0.29) is 30.7 Å². The lowest BCUT2D eigenvalue weighted by Gasteiger charge is -2.33. The summed E-state index contributed by atoms with van der Waals surface area (Å²) in [5.74, 6) is 0.853. The predicted octanol–water partition coefficient (Wildman–Crippen LogP) is 4.18. The fraction of sp³-hybridized carbons (Fsp3) is 0.667. The second kappa shape index (κ2) is 11.0. The van der Waals surface area contributed by atoms with Gasteiger partial charge >= 0.3 is 0 Å². The molecule has 0 saturated carbocycles. The van der Waals surface area contributed by atoms with Crippen molar-refractivity contribution in [2.24, 2.45) is 5.92 Å². The fourth-order valence-electron chi connectivity index (χ4n) is 4.97. The van der Waals surface area contributed by atoms with Gasteiger partial charge in [-0.2, -0.15) is 0 Å². The minimum atomic E-state index is 0. The maximum absolute atomic E-state index is 12.5. The van der Waals surface area contributed by atoms with Gasteiger partial charge < -0.3 is 10.6 Å². The molecule has 2 atom stereocenters. The number of hydrogen-bond acceptors (Lipinski definition) is 3. The maximum atomic E-state index is 12.5. The molecule has 1 aromatic rings. The van der Waals surface area contributed by atoms with Crippen molar-refractivity contribution in [3.63, 3.8) is 0 Å². The van der Waals surface area contributed by atoms with E-state index in [1.807, 2.05) is 12.1 Å². The first-order chi connectivity index (χ1) is 12.6. The van der Waals surface area contributed by atoms with Gasteiger partial charge in [-0.25, -0.2) is 0 Å². The third kappa shape index (κ3) is 6.50. The van der Waals surface area contributed by atoms with Crippen molar-refractivity contribution in [2.45, 2.75) is 69.6 Å². The SMILES string of the molecule is Cl.Cl.O=C(CC1CC2CCC(C1)N2)NC1CCN(Cc2ccc(Cl)cc2)CC1. The molecule has 3 heterocycles. The second-order valence-electron chi connectivity index (χ2n) is 8.42. The number of fused-ring (bicyclic) bond motifs is 2. The highest BCUT2D eigenvalue weighted by Gasteiger charge is 2.34. The number of benzene rings is 1. The summed E-state index contributed by atoms with van der Waals surface area (Å²) in [6, 6.07) is 9.80. The van der Waals surface area contributed by atoms with E-state index >= 15 is 0 Å². The first-order valence-electron chi connectivity index (χ1n) is 10.2. The molecule has 0 spiro atoms. The van der Waals surface area contributed by atoms with Crippen LogP contribution in [0.1, 0.15) is 50.5 Å². The van der Waals surface area contributed by atoms with Gasteiger partial charge in [0.25, 0.3) is 0 Å². The lowest BCUT2D eigenvalue weighted by atomic mass is 9.89. The van der Waals surface area contributed by atoms with Crippen molar-refractivity contribution in [2.75, 3.05) is 13.1 Å². The topological polar surface area (TPSA) is 44.4 Å². The average molecular weight is 449 g/mol. The van der Waals surface area contributed by atoms with Crippen molar-refractivity contribution >= 4 is 42.3 Å². The summed E-state index contributed by atoms with van der Waals surface area (Å²) in [5.41, 5.74) is 1.30. The van der Waals surface area contributed by atoms with E-state index in [1.54, 1.807) is 0 Å². The summed E-state index contributed by atoms with van der Waals surface area (Å²) in [7, 11) is 0. The minimum absolute atomic E-state index is 0. The van der Waals surface area contributed by atoms with Gasteiger partial charge in [0.15, 0.2) is 0 Å². The Balaban J connectivity index is 0.00000140. The molecule has 1 aromatic carbocycles. The van der Waals surface area contributed by atoms with Gasteiger partial charge in [0.1, 0.15) is 0 Å². The minimum Gasteiger partial charge on any atom is -0.353 e. The molecule has 2 N–H and O–H groups in total. The van der Waals surface area contributed by atoms with Crippen molar-refractivity contribution in [3.8, 4) is 0 Å². The Morgan fingerprint density at radius 1 is 1.04 bits per heavy atom. The smallest absolute Gasteiger partial charge is 0.220 e. The Hall–Kier alpha value is -0.520. The molecule has 1 amide bonds. The Labute approximate surface area is 186 Å². The van der Waals surface area contributed by atoms with E-state index in [2.05, 4.69) is 27.7 Å². The largest absolute Gasteiger partial charge is 0.353 e. The van der Waals surface area contributed by atoms with Gasteiger partial charge in [-0.05, 0) is 62.1 Å². The summed E-state index contributed by atoms with van der Waals surface area (Å²) >= 11 is 5.95. The number of carbonyl (C=O) groups is 1. The zero-order chi connectivity index (χ0) is 17.9. The first kappa shape index (κ1) is 23.8. The molecule has 3 aliphatic rings. The molecule has 3 aliphatic heterocycles. The third-order valence-corrected chi connectivity index (χ3v) is 6.57. The molecule has 28 heavy (non-hydrogen) atoms. The molecule has 0 aliphatic carbocycles. The molecule has 4 nitrogen and oxygen atoms in total. The number of likely N-dealkylation sites (tertiary alicyclic amines) is 1. The lowest BCUT2D eigenvalue weighted by molar-refractivity contribution is -0.123. The maximum Gasteiger partial charge on any atom is 0.220 e. The van der Waals surface area contributed by atoms with Crippen LogP contribution in [0.2, 0.25) is 5.02 Å². The van der Waals surface area contributed by atoms with Crippen LogP contribution < -0.4 is 10.6 Å². The Kier molecular flexibility index (Phi) is 9.36. The van der Waals surface area contributed by atoms with E-state index in [1.165, 1.54) is 31.2 Å². The number of piperidine rings is 2.